The van der Waals surface area contributed by atoms with Crippen LogP contribution in [-0.4, -0.2) is 33.6 Å². The minimum Gasteiger partial charge on any atom is -0.326 e. The SMILES string of the molecule is CCSCCC(=O)Nc1c(F)ccc(NC(=O)c2cc(NC(=O)[C@H]3[C@H](c4ccc(F)c(C(F)(F)F)c4)C3(Cl)Cl)ccc2Cl)c1F. The van der Waals surface area contributed by atoms with Crippen LogP contribution in [0.4, 0.5) is 43.4 Å². The Morgan fingerprint density at radius 3 is 2.29 bits per heavy atom. The maximum atomic E-state index is 15.1. The Hall–Kier alpha value is -3.13. The first-order valence-corrected chi connectivity index (χ1v) is 15.4. The van der Waals surface area contributed by atoms with Crippen molar-refractivity contribution in [2.45, 2.75) is 29.8 Å². The lowest BCUT2D eigenvalue weighted by Gasteiger charge is -2.13. The first-order valence-electron chi connectivity index (χ1n) is 13.1. The fraction of sp³-hybridized carbons (Fsp3) is 0.276. The lowest BCUT2D eigenvalue weighted by Crippen LogP contribution is -2.19. The Morgan fingerprint density at radius 1 is 0.933 bits per heavy atom. The molecule has 0 unspecified atom stereocenters. The molecule has 1 aliphatic rings. The maximum Gasteiger partial charge on any atom is 0.419 e. The number of benzene rings is 3. The van der Waals surface area contributed by atoms with E-state index in [0.29, 0.717) is 17.9 Å². The Labute approximate surface area is 272 Å². The number of anilines is 3. The Morgan fingerprint density at radius 2 is 1.62 bits per heavy atom. The summed E-state index contributed by atoms with van der Waals surface area (Å²) in [6.07, 6.45) is -4.98. The fourth-order valence-corrected chi connectivity index (χ4v) is 6.13. The van der Waals surface area contributed by atoms with Crippen molar-refractivity contribution in [2.75, 3.05) is 27.5 Å². The zero-order valence-electron chi connectivity index (χ0n) is 22.9. The molecular weight excluding hydrogens is 691 g/mol. The molecule has 0 heterocycles. The van der Waals surface area contributed by atoms with E-state index >= 15 is 4.39 Å². The van der Waals surface area contributed by atoms with Crippen LogP contribution in [-0.2, 0) is 15.8 Å². The number of rotatable bonds is 10. The highest BCUT2D eigenvalue weighted by Crippen LogP contribution is 2.65. The van der Waals surface area contributed by atoms with Gasteiger partial charge in [0.2, 0.25) is 11.8 Å². The van der Waals surface area contributed by atoms with E-state index in [4.69, 9.17) is 34.8 Å². The molecule has 16 heteroatoms. The number of carbonyl (C=O) groups excluding carboxylic acids is 3. The molecule has 3 aromatic rings. The van der Waals surface area contributed by atoms with Crippen LogP contribution in [0.2, 0.25) is 5.02 Å². The van der Waals surface area contributed by atoms with Crippen molar-refractivity contribution in [2.24, 2.45) is 5.92 Å². The highest BCUT2D eigenvalue weighted by atomic mass is 35.5. The van der Waals surface area contributed by atoms with E-state index in [1.807, 2.05) is 6.92 Å². The molecular formula is C29H22Cl3F6N3O3S. The summed E-state index contributed by atoms with van der Waals surface area (Å²) in [5, 5.41) is 6.74. The van der Waals surface area contributed by atoms with E-state index in [9.17, 15) is 36.3 Å². The van der Waals surface area contributed by atoms with Crippen LogP contribution in [0.1, 0.15) is 40.7 Å². The number of thioether (sulfide) groups is 1. The van der Waals surface area contributed by atoms with Gasteiger partial charge in [0.05, 0.1) is 27.8 Å². The molecule has 0 radical (unpaired) electrons. The monoisotopic (exact) mass is 711 g/mol. The molecule has 1 aliphatic carbocycles. The van der Waals surface area contributed by atoms with Gasteiger partial charge in [-0.1, -0.05) is 24.6 Å². The second kappa shape index (κ2) is 13.7. The third-order valence-corrected chi connectivity index (χ3v) is 8.92. The van der Waals surface area contributed by atoms with Gasteiger partial charge in [0.15, 0.2) is 5.82 Å². The van der Waals surface area contributed by atoms with Gasteiger partial charge in [0.1, 0.15) is 21.7 Å². The lowest BCUT2D eigenvalue weighted by atomic mass is 10.0. The molecule has 6 nitrogen and oxygen atoms in total. The molecule has 3 amide bonds. The first-order chi connectivity index (χ1) is 21.1. The van der Waals surface area contributed by atoms with Crippen molar-refractivity contribution in [3.63, 3.8) is 0 Å². The molecule has 3 aromatic carbocycles. The average molecular weight is 713 g/mol. The molecule has 1 saturated carbocycles. The third-order valence-electron chi connectivity index (χ3n) is 6.75. The van der Waals surface area contributed by atoms with Gasteiger partial charge in [-0.3, -0.25) is 14.4 Å². The van der Waals surface area contributed by atoms with E-state index < -0.39 is 74.5 Å². The molecule has 45 heavy (non-hydrogen) atoms. The van der Waals surface area contributed by atoms with Gasteiger partial charge in [0, 0.05) is 23.8 Å². The summed E-state index contributed by atoms with van der Waals surface area (Å²) in [5.41, 5.74) is -3.12. The second-order valence-electron chi connectivity index (χ2n) is 9.78. The minimum atomic E-state index is -4.99. The Kier molecular flexibility index (Phi) is 10.6. The predicted octanol–water partition coefficient (Wildman–Crippen LogP) is 8.64. The van der Waals surface area contributed by atoms with Gasteiger partial charge in [0.25, 0.3) is 5.91 Å². The summed E-state index contributed by atoms with van der Waals surface area (Å²) in [5.74, 6) is -7.37. The summed E-state index contributed by atoms with van der Waals surface area (Å²) in [4.78, 5) is 38.2. The highest BCUT2D eigenvalue weighted by Gasteiger charge is 2.67. The van der Waals surface area contributed by atoms with Crippen molar-refractivity contribution >= 4 is 81.3 Å². The zero-order chi connectivity index (χ0) is 33.3. The quantitative estimate of drug-likeness (QED) is 0.112. The standard InChI is InChI=1S/C29H22Cl3F6N3O3S/c1-2-45-10-9-21(42)41-25-19(34)7-8-20(24(25)35)40-26(43)15-12-14(4-5-17(15)30)39-27(44)23-22(28(23,31)32)13-3-6-18(33)16(11-13)29(36,37)38/h3-8,11-12,22-23H,2,9-10H2,1H3,(H,39,44)(H,40,43)(H,41,42)/t22-,23+/m0/s1. The van der Waals surface area contributed by atoms with Crippen LogP contribution < -0.4 is 16.0 Å². The zero-order valence-corrected chi connectivity index (χ0v) is 26.0. The van der Waals surface area contributed by atoms with Crippen LogP contribution in [0.3, 0.4) is 0 Å². The van der Waals surface area contributed by atoms with Gasteiger partial charge in [-0.25, -0.2) is 13.2 Å². The average Bonchev–Trinajstić information content (AvgIpc) is 3.55. The van der Waals surface area contributed by atoms with Crippen molar-refractivity contribution in [1.29, 1.82) is 0 Å². The van der Waals surface area contributed by atoms with Gasteiger partial charge in [-0.2, -0.15) is 24.9 Å². The molecule has 0 aliphatic heterocycles. The predicted molar refractivity (Wildman–Crippen MR) is 163 cm³/mol. The van der Waals surface area contributed by atoms with Crippen molar-refractivity contribution in [3.05, 3.63) is 87.7 Å². The van der Waals surface area contributed by atoms with E-state index in [-0.39, 0.29) is 28.3 Å². The van der Waals surface area contributed by atoms with Crippen LogP contribution in [0.5, 0.6) is 0 Å². The summed E-state index contributed by atoms with van der Waals surface area (Å²) < 4.78 is 80.9. The second-order valence-corrected chi connectivity index (χ2v) is 13.0. The minimum absolute atomic E-state index is 0.00287. The van der Waals surface area contributed by atoms with E-state index in [1.54, 1.807) is 0 Å². The molecule has 1 fully saturated rings. The fourth-order valence-electron chi connectivity index (χ4n) is 4.48. The van der Waals surface area contributed by atoms with Crippen LogP contribution in [0, 0.1) is 23.4 Å². The molecule has 240 valence electrons. The summed E-state index contributed by atoms with van der Waals surface area (Å²) in [7, 11) is 0. The largest absolute Gasteiger partial charge is 0.419 e. The summed E-state index contributed by atoms with van der Waals surface area (Å²) in [6, 6.07) is 7.65. The molecule has 0 bridgehead atoms. The normalized spacial score (nSPS) is 17.0. The molecule has 3 N–H and O–H groups in total. The van der Waals surface area contributed by atoms with Gasteiger partial charge in [-0.15, -0.1) is 23.2 Å². The van der Waals surface area contributed by atoms with E-state index in [2.05, 4.69) is 16.0 Å². The summed E-state index contributed by atoms with van der Waals surface area (Å²) in [6.45, 7) is 1.89. The number of nitrogens with one attached hydrogen (secondary N) is 3. The van der Waals surface area contributed by atoms with Crippen molar-refractivity contribution in [3.8, 4) is 0 Å². The topological polar surface area (TPSA) is 87.3 Å². The first kappa shape index (κ1) is 34.7. The molecule has 0 saturated heterocycles. The van der Waals surface area contributed by atoms with Gasteiger partial charge >= 0.3 is 6.18 Å². The molecule has 4 rings (SSSR count). The van der Waals surface area contributed by atoms with Gasteiger partial charge in [-0.05, 0) is 53.8 Å². The number of carbonyl (C=O) groups is 3. The number of amides is 3. The lowest BCUT2D eigenvalue weighted by molar-refractivity contribution is -0.140. The van der Waals surface area contributed by atoms with Crippen LogP contribution >= 0.6 is 46.6 Å². The summed E-state index contributed by atoms with van der Waals surface area (Å²) >= 11 is 20.1. The van der Waals surface area contributed by atoms with E-state index in [0.717, 1.165) is 30.0 Å². The molecule has 0 aromatic heterocycles. The Bertz CT molecular complexity index is 1660. The van der Waals surface area contributed by atoms with Crippen LogP contribution in [0.25, 0.3) is 0 Å². The van der Waals surface area contributed by atoms with Gasteiger partial charge < -0.3 is 16.0 Å². The van der Waals surface area contributed by atoms with Crippen molar-refractivity contribution < 1.29 is 40.7 Å². The Balaban J connectivity index is 1.49. The maximum absolute atomic E-state index is 15.1. The molecule has 2 atom stereocenters. The smallest absolute Gasteiger partial charge is 0.326 e. The third kappa shape index (κ3) is 7.82. The number of alkyl halides is 5. The van der Waals surface area contributed by atoms with Crippen molar-refractivity contribution in [1.82, 2.24) is 0 Å². The highest BCUT2D eigenvalue weighted by molar-refractivity contribution is 7.99. The number of halogens is 9. The number of hydrogen-bond donors (Lipinski definition) is 3. The van der Waals surface area contributed by atoms with Crippen LogP contribution in [0.15, 0.2) is 48.5 Å². The van der Waals surface area contributed by atoms with E-state index in [1.165, 1.54) is 23.9 Å². The molecule has 0 spiro atoms. The number of hydrogen-bond acceptors (Lipinski definition) is 4.